The van der Waals surface area contributed by atoms with Crippen LogP contribution in [0.25, 0.3) is 0 Å². The van der Waals surface area contributed by atoms with Crippen molar-refractivity contribution in [1.82, 2.24) is 10.2 Å². The Morgan fingerprint density at radius 1 is 1.32 bits per heavy atom. The molecule has 1 unspecified atom stereocenters. The monoisotopic (exact) mass is 282 g/mol. The molecule has 0 saturated carbocycles. The van der Waals surface area contributed by atoms with Gasteiger partial charge >= 0.3 is 51.4 Å². The number of piperidine rings is 1. The van der Waals surface area contributed by atoms with Crippen LogP contribution < -0.4 is 56.7 Å². The SMILES string of the molecule is O=C1CCC(N2Cc3[c-]cccc3C2=O)C(=O)N1.[K+]. The third-order valence-electron chi connectivity index (χ3n) is 3.35. The molecule has 1 saturated heterocycles. The molecule has 92 valence electrons. The summed E-state index contributed by atoms with van der Waals surface area (Å²) in [6.45, 7) is 0.390. The van der Waals surface area contributed by atoms with Gasteiger partial charge in [0.25, 0.3) is 0 Å². The number of hydrogen-bond donors (Lipinski definition) is 1. The maximum Gasteiger partial charge on any atom is 1.00 e. The normalized spacial score (nSPS) is 21.8. The van der Waals surface area contributed by atoms with Crippen molar-refractivity contribution in [2.45, 2.75) is 25.4 Å². The zero-order valence-electron chi connectivity index (χ0n) is 10.6. The van der Waals surface area contributed by atoms with Gasteiger partial charge < -0.3 is 4.90 Å². The molecule has 0 aliphatic carbocycles. The molecule has 0 radical (unpaired) electrons. The number of amides is 3. The first-order chi connectivity index (χ1) is 8.66. The maximum absolute atomic E-state index is 12.2. The van der Waals surface area contributed by atoms with Gasteiger partial charge in [-0.25, -0.2) is 0 Å². The van der Waals surface area contributed by atoms with E-state index in [1.165, 1.54) is 4.90 Å². The molecule has 6 heteroatoms. The Labute approximate surface area is 153 Å². The van der Waals surface area contributed by atoms with Gasteiger partial charge in [-0.2, -0.15) is 24.3 Å². The fraction of sp³-hybridized carbons (Fsp3) is 0.308. The van der Waals surface area contributed by atoms with Crippen molar-refractivity contribution in [3.05, 3.63) is 35.4 Å². The van der Waals surface area contributed by atoms with Crippen LogP contribution in [0.15, 0.2) is 18.2 Å². The van der Waals surface area contributed by atoms with Crippen molar-refractivity contribution >= 4 is 17.7 Å². The number of benzene rings is 1. The standard InChI is InChI=1S/C13H11N2O3.K/c16-11-6-5-10(12(17)14-11)15-7-8-3-1-2-4-9(8)13(15)18;/h1-2,4,10H,5-7H2,(H,14,16,17);/q-1;+1. The van der Waals surface area contributed by atoms with E-state index in [1.54, 1.807) is 18.2 Å². The van der Waals surface area contributed by atoms with Crippen LogP contribution >= 0.6 is 0 Å². The number of imide groups is 1. The molecule has 1 fully saturated rings. The summed E-state index contributed by atoms with van der Waals surface area (Å²) in [7, 11) is 0. The average Bonchev–Trinajstić information content (AvgIpc) is 2.68. The summed E-state index contributed by atoms with van der Waals surface area (Å²) in [5.41, 5.74) is 1.41. The predicted molar refractivity (Wildman–Crippen MR) is 61.3 cm³/mol. The van der Waals surface area contributed by atoms with E-state index in [0.29, 0.717) is 18.5 Å². The average molecular weight is 282 g/mol. The molecule has 1 aromatic rings. The molecular formula is C13H11KN2O3. The summed E-state index contributed by atoms with van der Waals surface area (Å²) in [4.78, 5) is 36.5. The quantitative estimate of drug-likeness (QED) is 0.345. The zero-order chi connectivity index (χ0) is 12.7. The van der Waals surface area contributed by atoms with E-state index >= 15 is 0 Å². The van der Waals surface area contributed by atoms with Crippen LogP contribution in [0.1, 0.15) is 28.8 Å². The second-order valence-corrected chi connectivity index (χ2v) is 4.46. The Kier molecular flexibility index (Phi) is 4.57. The molecule has 0 bridgehead atoms. The minimum Gasteiger partial charge on any atom is -0.335 e. The zero-order valence-corrected chi connectivity index (χ0v) is 13.7. The van der Waals surface area contributed by atoms with E-state index in [4.69, 9.17) is 0 Å². The van der Waals surface area contributed by atoms with E-state index in [2.05, 4.69) is 11.4 Å². The molecule has 1 aromatic carbocycles. The van der Waals surface area contributed by atoms with Crippen LogP contribution in [0.2, 0.25) is 0 Å². The number of carbonyl (C=O) groups excluding carboxylic acids is 3. The van der Waals surface area contributed by atoms with Crippen LogP contribution in [-0.2, 0) is 16.1 Å². The van der Waals surface area contributed by atoms with Crippen molar-refractivity contribution in [3.63, 3.8) is 0 Å². The summed E-state index contributed by atoms with van der Waals surface area (Å²) in [6, 6.07) is 7.71. The van der Waals surface area contributed by atoms with Crippen molar-refractivity contribution in [1.29, 1.82) is 0 Å². The number of rotatable bonds is 1. The first kappa shape index (κ1) is 14.9. The van der Waals surface area contributed by atoms with Crippen molar-refractivity contribution in [2.24, 2.45) is 0 Å². The summed E-state index contributed by atoms with van der Waals surface area (Å²) in [5.74, 6) is -0.810. The van der Waals surface area contributed by atoms with E-state index in [9.17, 15) is 14.4 Å². The maximum atomic E-state index is 12.2. The minimum atomic E-state index is -0.545. The number of nitrogens with zero attached hydrogens (tertiary/aromatic N) is 1. The van der Waals surface area contributed by atoms with Gasteiger partial charge in [-0.05, 0) is 6.42 Å². The summed E-state index contributed by atoms with van der Waals surface area (Å²) >= 11 is 0. The van der Waals surface area contributed by atoms with Gasteiger partial charge in [-0.1, -0.05) is 5.56 Å². The Balaban J connectivity index is 0.00000133. The molecule has 1 N–H and O–H groups in total. The van der Waals surface area contributed by atoms with Crippen molar-refractivity contribution in [2.75, 3.05) is 0 Å². The Morgan fingerprint density at radius 2 is 2.11 bits per heavy atom. The van der Waals surface area contributed by atoms with E-state index in [-0.39, 0.29) is 75.5 Å². The van der Waals surface area contributed by atoms with E-state index in [1.807, 2.05) is 0 Å². The van der Waals surface area contributed by atoms with Gasteiger partial charge in [0.2, 0.25) is 11.8 Å². The molecule has 2 aliphatic heterocycles. The van der Waals surface area contributed by atoms with Crippen LogP contribution in [0.3, 0.4) is 0 Å². The molecule has 0 aromatic heterocycles. The third kappa shape index (κ3) is 2.68. The van der Waals surface area contributed by atoms with E-state index in [0.717, 1.165) is 5.56 Å². The Morgan fingerprint density at radius 3 is 2.79 bits per heavy atom. The number of fused-ring (bicyclic) bond motifs is 1. The van der Waals surface area contributed by atoms with Gasteiger partial charge in [0.15, 0.2) is 5.91 Å². The summed E-state index contributed by atoms with van der Waals surface area (Å²) < 4.78 is 0. The molecule has 1 atom stereocenters. The molecule has 19 heavy (non-hydrogen) atoms. The first-order valence-corrected chi connectivity index (χ1v) is 5.81. The number of nitrogens with one attached hydrogen (secondary N) is 1. The van der Waals surface area contributed by atoms with E-state index < -0.39 is 6.04 Å². The van der Waals surface area contributed by atoms with Crippen LogP contribution in [0.5, 0.6) is 0 Å². The largest absolute Gasteiger partial charge is 1.00 e. The van der Waals surface area contributed by atoms with Gasteiger partial charge in [0.1, 0.15) is 6.04 Å². The molecule has 2 heterocycles. The Hall–Kier alpha value is -0.534. The third-order valence-corrected chi connectivity index (χ3v) is 3.35. The minimum absolute atomic E-state index is 0. The predicted octanol–water partition coefficient (Wildman–Crippen LogP) is -2.75. The number of carbonyl (C=O) groups is 3. The summed E-state index contributed by atoms with van der Waals surface area (Å²) in [5, 5.41) is 2.27. The second-order valence-electron chi connectivity index (χ2n) is 4.46. The summed E-state index contributed by atoms with van der Waals surface area (Å²) in [6.07, 6.45) is 0.671. The molecule has 5 nitrogen and oxygen atoms in total. The van der Waals surface area contributed by atoms with Crippen molar-refractivity contribution < 1.29 is 65.8 Å². The molecular weight excluding hydrogens is 271 g/mol. The second kappa shape index (κ2) is 5.84. The first-order valence-electron chi connectivity index (χ1n) is 5.81. The molecule has 3 rings (SSSR count). The van der Waals surface area contributed by atoms with Crippen LogP contribution in [-0.4, -0.2) is 28.7 Å². The van der Waals surface area contributed by atoms with Gasteiger partial charge in [-0.3, -0.25) is 19.7 Å². The van der Waals surface area contributed by atoms with Gasteiger partial charge in [0.05, 0.1) is 0 Å². The molecule has 3 amide bonds. The van der Waals surface area contributed by atoms with Gasteiger partial charge in [-0.15, -0.1) is 5.56 Å². The fourth-order valence-electron chi connectivity index (χ4n) is 2.43. The molecule has 0 spiro atoms. The molecule has 2 aliphatic rings. The van der Waals surface area contributed by atoms with Crippen LogP contribution in [0.4, 0.5) is 0 Å². The fourth-order valence-corrected chi connectivity index (χ4v) is 2.43. The van der Waals surface area contributed by atoms with Gasteiger partial charge in [0, 0.05) is 13.0 Å². The Bertz CT molecular complexity index is 559. The van der Waals surface area contributed by atoms with Crippen molar-refractivity contribution in [3.8, 4) is 0 Å². The topological polar surface area (TPSA) is 66.5 Å². The van der Waals surface area contributed by atoms with Crippen LogP contribution in [0, 0.1) is 6.07 Å². The number of hydrogen-bond acceptors (Lipinski definition) is 3. The smallest absolute Gasteiger partial charge is 0.335 e.